The van der Waals surface area contributed by atoms with Crippen LogP contribution >= 0.6 is 11.3 Å². The second-order valence-corrected chi connectivity index (χ2v) is 8.84. The van der Waals surface area contributed by atoms with Gasteiger partial charge in [0.05, 0.1) is 5.56 Å². The SMILES string of the molecule is Cc1cn(-c2ccc(C(F)(F)F)cc2)c(=NC(=O)N(CC(C)C)CC(C)C)s1. The summed E-state index contributed by atoms with van der Waals surface area (Å²) in [6.07, 6.45) is -2.61. The minimum Gasteiger partial charge on any atom is -0.322 e. The van der Waals surface area contributed by atoms with E-state index in [-0.39, 0.29) is 6.03 Å². The summed E-state index contributed by atoms with van der Waals surface area (Å²) in [5, 5.41) is 0. The molecule has 0 unspecified atom stereocenters. The molecule has 1 aromatic carbocycles. The molecule has 0 atom stereocenters. The molecule has 0 radical (unpaired) electrons. The summed E-state index contributed by atoms with van der Waals surface area (Å²) in [6, 6.07) is 4.51. The molecule has 1 aromatic heterocycles. The number of aromatic nitrogens is 1. The van der Waals surface area contributed by atoms with Crippen LogP contribution in [0.3, 0.4) is 0 Å². The lowest BCUT2D eigenvalue weighted by Crippen LogP contribution is -2.36. The number of halogens is 3. The average molecular weight is 414 g/mol. The lowest BCUT2D eigenvalue weighted by Gasteiger charge is -2.24. The van der Waals surface area contributed by atoms with Crippen molar-refractivity contribution in [2.45, 2.75) is 40.8 Å². The Labute approximate surface area is 167 Å². The predicted octanol–water partition coefficient (Wildman–Crippen LogP) is 5.50. The van der Waals surface area contributed by atoms with E-state index in [9.17, 15) is 18.0 Å². The summed E-state index contributed by atoms with van der Waals surface area (Å²) in [4.78, 5) is 20.1. The number of hydrogen-bond acceptors (Lipinski definition) is 2. The number of nitrogens with zero attached hydrogens (tertiary/aromatic N) is 3. The zero-order valence-electron chi connectivity index (χ0n) is 16.7. The van der Waals surface area contributed by atoms with Gasteiger partial charge in [-0.05, 0) is 43.0 Å². The van der Waals surface area contributed by atoms with E-state index in [4.69, 9.17) is 0 Å². The first-order chi connectivity index (χ1) is 13.0. The number of alkyl halides is 3. The molecule has 0 spiro atoms. The van der Waals surface area contributed by atoms with Gasteiger partial charge in [0.2, 0.25) is 0 Å². The van der Waals surface area contributed by atoms with Crippen molar-refractivity contribution >= 4 is 17.4 Å². The quantitative estimate of drug-likeness (QED) is 0.638. The molecule has 0 aliphatic carbocycles. The number of amides is 2. The normalized spacial score (nSPS) is 12.9. The standard InChI is InChI=1S/C20H26F3N3OS/c1-13(2)10-25(11-14(3)4)18(27)24-19-26(12-15(5)28-19)17-8-6-16(7-9-17)20(21,22)23/h6-9,12-14H,10-11H2,1-5H3. The van der Waals surface area contributed by atoms with Gasteiger partial charge >= 0.3 is 12.2 Å². The van der Waals surface area contributed by atoms with Gasteiger partial charge < -0.3 is 4.90 Å². The van der Waals surface area contributed by atoms with Gasteiger partial charge in [-0.15, -0.1) is 11.3 Å². The smallest absolute Gasteiger partial charge is 0.322 e. The molecule has 2 aromatic rings. The van der Waals surface area contributed by atoms with Crippen LogP contribution in [0.5, 0.6) is 0 Å². The fourth-order valence-corrected chi connectivity index (χ4v) is 3.62. The molecule has 2 rings (SSSR count). The van der Waals surface area contributed by atoms with Crippen molar-refractivity contribution in [3.8, 4) is 5.69 Å². The van der Waals surface area contributed by atoms with Crippen molar-refractivity contribution < 1.29 is 18.0 Å². The molecule has 0 saturated heterocycles. The van der Waals surface area contributed by atoms with Crippen molar-refractivity contribution in [1.29, 1.82) is 0 Å². The number of rotatable bonds is 5. The molecule has 0 fully saturated rings. The Bertz CT molecular complexity index is 854. The van der Waals surface area contributed by atoms with Crippen LogP contribution in [0.1, 0.15) is 38.1 Å². The highest BCUT2D eigenvalue weighted by molar-refractivity contribution is 7.09. The summed E-state index contributed by atoms with van der Waals surface area (Å²) in [5.74, 6) is 0.620. The molecule has 0 bridgehead atoms. The Morgan fingerprint density at radius 3 is 2.11 bits per heavy atom. The van der Waals surface area contributed by atoms with Gasteiger partial charge in [0.25, 0.3) is 0 Å². The molecular weight excluding hydrogens is 387 g/mol. The third-order valence-corrected chi connectivity index (χ3v) is 4.77. The van der Waals surface area contributed by atoms with Gasteiger partial charge in [-0.25, -0.2) is 4.79 Å². The zero-order valence-corrected chi connectivity index (χ0v) is 17.6. The summed E-state index contributed by atoms with van der Waals surface area (Å²) in [6.45, 7) is 11.2. The van der Waals surface area contributed by atoms with Gasteiger partial charge in [-0.2, -0.15) is 18.2 Å². The first-order valence-corrected chi connectivity index (χ1v) is 9.99. The molecule has 0 aliphatic rings. The summed E-state index contributed by atoms with van der Waals surface area (Å²) in [5.41, 5.74) is -0.179. The number of carbonyl (C=O) groups is 1. The second-order valence-electron chi connectivity index (χ2n) is 7.63. The Morgan fingerprint density at radius 2 is 1.64 bits per heavy atom. The largest absolute Gasteiger partial charge is 0.416 e. The zero-order chi connectivity index (χ0) is 21.1. The molecule has 154 valence electrons. The lowest BCUT2D eigenvalue weighted by molar-refractivity contribution is -0.137. The van der Waals surface area contributed by atoms with Crippen LogP contribution in [0, 0.1) is 18.8 Å². The maximum atomic E-state index is 12.8. The van der Waals surface area contributed by atoms with E-state index < -0.39 is 11.7 Å². The minimum absolute atomic E-state index is 0.310. The van der Waals surface area contributed by atoms with Crippen LogP contribution < -0.4 is 4.80 Å². The van der Waals surface area contributed by atoms with E-state index in [0.29, 0.717) is 35.4 Å². The van der Waals surface area contributed by atoms with Gasteiger partial charge in [0.1, 0.15) is 0 Å². The minimum atomic E-state index is -4.38. The first-order valence-electron chi connectivity index (χ1n) is 9.17. The fourth-order valence-electron chi connectivity index (χ4n) is 2.79. The van der Waals surface area contributed by atoms with Gasteiger partial charge in [0, 0.05) is 29.9 Å². The van der Waals surface area contributed by atoms with Crippen LogP contribution in [0.4, 0.5) is 18.0 Å². The monoisotopic (exact) mass is 413 g/mol. The fraction of sp³-hybridized carbons (Fsp3) is 0.500. The molecule has 0 aliphatic heterocycles. The van der Waals surface area contributed by atoms with Crippen LogP contribution in [-0.4, -0.2) is 28.6 Å². The number of hydrogen-bond donors (Lipinski definition) is 0. The second kappa shape index (κ2) is 8.94. The number of thiazole rings is 1. The van der Waals surface area contributed by atoms with E-state index in [2.05, 4.69) is 4.99 Å². The Kier molecular flexibility index (Phi) is 7.09. The molecular formula is C20H26F3N3OS. The highest BCUT2D eigenvalue weighted by Gasteiger charge is 2.30. The van der Waals surface area contributed by atoms with Gasteiger partial charge in [-0.1, -0.05) is 27.7 Å². The number of benzene rings is 1. The van der Waals surface area contributed by atoms with Gasteiger partial charge in [-0.3, -0.25) is 4.57 Å². The molecule has 4 nitrogen and oxygen atoms in total. The summed E-state index contributed by atoms with van der Waals surface area (Å²) < 4.78 is 40.1. The first kappa shape index (κ1) is 22.2. The number of aryl methyl sites for hydroxylation is 1. The lowest BCUT2D eigenvalue weighted by atomic mass is 10.1. The third kappa shape index (κ3) is 5.95. The number of carbonyl (C=O) groups excluding carboxylic acids is 1. The third-order valence-electron chi connectivity index (χ3n) is 3.87. The van der Waals surface area contributed by atoms with Crippen LogP contribution in [-0.2, 0) is 6.18 Å². The van der Waals surface area contributed by atoms with Crippen LogP contribution in [0.25, 0.3) is 5.69 Å². The molecule has 0 N–H and O–H groups in total. The van der Waals surface area contributed by atoms with Crippen molar-refractivity contribution in [2.75, 3.05) is 13.1 Å². The molecule has 0 saturated carbocycles. The molecule has 1 heterocycles. The van der Waals surface area contributed by atoms with E-state index in [0.717, 1.165) is 17.0 Å². The Hall–Kier alpha value is -2.09. The Balaban J connectivity index is 2.40. The summed E-state index contributed by atoms with van der Waals surface area (Å²) in [7, 11) is 0. The Morgan fingerprint density at radius 1 is 1.11 bits per heavy atom. The molecule has 28 heavy (non-hydrogen) atoms. The van der Waals surface area contributed by atoms with Crippen molar-refractivity contribution in [3.63, 3.8) is 0 Å². The van der Waals surface area contributed by atoms with Crippen LogP contribution in [0.2, 0.25) is 0 Å². The molecule has 2 amide bonds. The van der Waals surface area contributed by atoms with Gasteiger partial charge in [0.15, 0.2) is 4.80 Å². The van der Waals surface area contributed by atoms with E-state index in [1.165, 1.54) is 23.5 Å². The van der Waals surface area contributed by atoms with E-state index >= 15 is 0 Å². The predicted molar refractivity (Wildman–Crippen MR) is 106 cm³/mol. The average Bonchev–Trinajstić information content (AvgIpc) is 2.93. The van der Waals surface area contributed by atoms with Crippen molar-refractivity contribution in [3.05, 3.63) is 45.7 Å². The maximum absolute atomic E-state index is 12.8. The van der Waals surface area contributed by atoms with E-state index in [1.807, 2.05) is 34.6 Å². The van der Waals surface area contributed by atoms with E-state index in [1.54, 1.807) is 15.7 Å². The summed E-state index contributed by atoms with van der Waals surface area (Å²) >= 11 is 1.33. The molecule has 8 heteroatoms. The van der Waals surface area contributed by atoms with Crippen molar-refractivity contribution in [1.82, 2.24) is 9.47 Å². The highest BCUT2D eigenvalue weighted by atomic mass is 32.1. The van der Waals surface area contributed by atoms with Crippen LogP contribution in [0.15, 0.2) is 35.5 Å². The highest BCUT2D eigenvalue weighted by Crippen LogP contribution is 2.29. The topological polar surface area (TPSA) is 37.6 Å². The number of urea groups is 1. The maximum Gasteiger partial charge on any atom is 0.416 e. The van der Waals surface area contributed by atoms with Crippen molar-refractivity contribution in [2.24, 2.45) is 16.8 Å².